The lowest BCUT2D eigenvalue weighted by atomic mass is 10.1. The van der Waals surface area contributed by atoms with Crippen molar-refractivity contribution >= 4 is 29.0 Å². The number of hydrogen-bond donors (Lipinski definition) is 2. The fourth-order valence-corrected chi connectivity index (χ4v) is 2.98. The van der Waals surface area contributed by atoms with Gasteiger partial charge in [0.2, 0.25) is 5.96 Å². The molecule has 0 fully saturated rings. The van der Waals surface area contributed by atoms with Crippen molar-refractivity contribution in [3.8, 4) is 0 Å². The van der Waals surface area contributed by atoms with Crippen LogP contribution in [0.1, 0.15) is 22.4 Å². The Hall–Kier alpha value is -3.54. The summed E-state index contributed by atoms with van der Waals surface area (Å²) in [5, 5.41) is 6.21. The Morgan fingerprint density at radius 2 is 2.00 bits per heavy atom. The lowest BCUT2D eigenvalue weighted by molar-refractivity contribution is -0.114. The maximum atomic E-state index is 12.2. The second-order valence-corrected chi connectivity index (χ2v) is 6.51. The normalized spacial score (nSPS) is 15.1. The molecule has 0 saturated heterocycles. The summed E-state index contributed by atoms with van der Waals surface area (Å²) in [7, 11) is 0. The molecule has 1 aliphatic heterocycles. The summed E-state index contributed by atoms with van der Waals surface area (Å²) in [6.07, 6.45) is 3.43. The molecular formula is C21H19N5O. The third-order valence-electron chi connectivity index (χ3n) is 4.41. The number of fused-ring (bicyclic) bond motifs is 1. The number of pyridine rings is 2. The van der Waals surface area contributed by atoms with Gasteiger partial charge in [0.25, 0.3) is 5.91 Å². The van der Waals surface area contributed by atoms with Gasteiger partial charge in [0.15, 0.2) is 0 Å². The summed E-state index contributed by atoms with van der Waals surface area (Å²) in [5.41, 5.74) is 6.27. The Morgan fingerprint density at radius 1 is 1.11 bits per heavy atom. The number of amides is 1. The van der Waals surface area contributed by atoms with Crippen LogP contribution in [0.15, 0.2) is 59.4 Å². The number of hydrogen-bond acceptors (Lipinski definition) is 5. The first-order valence-corrected chi connectivity index (χ1v) is 8.72. The van der Waals surface area contributed by atoms with E-state index in [1.807, 2.05) is 24.3 Å². The Labute approximate surface area is 157 Å². The van der Waals surface area contributed by atoms with Crippen molar-refractivity contribution in [2.45, 2.75) is 20.4 Å². The van der Waals surface area contributed by atoms with Crippen LogP contribution < -0.4 is 10.6 Å². The molecular weight excluding hydrogens is 338 g/mol. The highest BCUT2D eigenvalue weighted by atomic mass is 16.2. The lowest BCUT2D eigenvalue weighted by Crippen LogP contribution is -2.32. The predicted octanol–water partition coefficient (Wildman–Crippen LogP) is 2.86. The topological polar surface area (TPSA) is 79.3 Å². The molecule has 2 aromatic heterocycles. The Kier molecular flexibility index (Phi) is 4.38. The molecule has 134 valence electrons. The molecule has 6 nitrogen and oxygen atoms in total. The Balaban J connectivity index is 1.47. The average molecular weight is 357 g/mol. The summed E-state index contributed by atoms with van der Waals surface area (Å²) >= 11 is 0. The van der Waals surface area contributed by atoms with Gasteiger partial charge in [-0.3, -0.25) is 9.78 Å². The van der Waals surface area contributed by atoms with Crippen LogP contribution in [0.25, 0.3) is 17.1 Å². The first-order valence-electron chi connectivity index (χ1n) is 8.72. The second kappa shape index (κ2) is 6.99. The number of benzene rings is 1. The molecule has 0 unspecified atom stereocenters. The average Bonchev–Trinajstić information content (AvgIpc) is 3.00. The number of nitrogens with zero attached hydrogens (tertiary/aromatic N) is 3. The van der Waals surface area contributed by atoms with Gasteiger partial charge in [0, 0.05) is 12.7 Å². The van der Waals surface area contributed by atoms with Crippen LogP contribution in [0.3, 0.4) is 0 Å². The Morgan fingerprint density at radius 3 is 2.85 bits per heavy atom. The van der Waals surface area contributed by atoms with Crippen LogP contribution in [0.4, 0.5) is 0 Å². The van der Waals surface area contributed by atoms with E-state index in [9.17, 15) is 4.79 Å². The molecule has 3 heterocycles. The van der Waals surface area contributed by atoms with Crippen LogP contribution in [-0.4, -0.2) is 21.8 Å². The fourth-order valence-electron chi connectivity index (χ4n) is 2.98. The molecule has 4 rings (SSSR count). The highest BCUT2D eigenvalue weighted by Gasteiger charge is 2.20. The number of aryl methyl sites for hydroxylation is 2. The molecule has 2 N–H and O–H groups in total. The molecule has 6 heteroatoms. The van der Waals surface area contributed by atoms with E-state index in [0.717, 1.165) is 11.0 Å². The lowest BCUT2D eigenvalue weighted by Gasteiger charge is -2.09. The zero-order valence-corrected chi connectivity index (χ0v) is 15.2. The van der Waals surface area contributed by atoms with E-state index in [1.165, 1.54) is 16.7 Å². The number of guanidine groups is 1. The molecule has 27 heavy (non-hydrogen) atoms. The maximum absolute atomic E-state index is 12.2. The van der Waals surface area contributed by atoms with Crippen molar-refractivity contribution < 1.29 is 4.79 Å². The monoisotopic (exact) mass is 357 g/mol. The smallest absolute Gasteiger partial charge is 0.296 e. The van der Waals surface area contributed by atoms with Crippen LogP contribution >= 0.6 is 0 Å². The van der Waals surface area contributed by atoms with Crippen molar-refractivity contribution in [2.75, 3.05) is 0 Å². The molecule has 0 spiro atoms. The molecule has 0 saturated carbocycles. The van der Waals surface area contributed by atoms with Gasteiger partial charge in [-0.1, -0.05) is 23.8 Å². The van der Waals surface area contributed by atoms with Gasteiger partial charge in [-0.05, 0) is 55.3 Å². The highest BCUT2D eigenvalue weighted by Crippen LogP contribution is 2.14. The summed E-state index contributed by atoms with van der Waals surface area (Å²) in [4.78, 5) is 25.0. The summed E-state index contributed by atoms with van der Waals surface area (Å²) in [6.45, 7) is 4.74. The minimum atomic E-state index is -0.314. The molecule has 0 radical (unpaired) electrons. The summed E-state index contributed by atoms with van der Waals surface area (Å²) < 4.78 is 0. The van der Waals surface area contributed by atoms with Crippen molar-refractivity contribution in [2.24, 2.45) is 4.99 Å². The third kappa shape index (κ3) is 3.69. The van der Waals surface area contributed by atoms with Gasteiger partial charge in [-0.15, -0.1) is 0 Å². The van der Waals surface area contributed by atoms with Crippen LogP contribution in [0, 0.1) is 13.8 Å². The Bertz CT molecular complexity index is 1100. The molecule has 1 amide bonds. The SMILES string of the molecule is Cc1ccc(CNC2=NC(=O)C(=Cc3ccc4ncccc4n3)N2)c(C)c1. The minimum Gasteiger partial charge on any atom is -0.352 e. The quantitative estimate of drug-likeness (QED) is 0.705. The molecule has 1 aromatic carbocycles. The van der Waals surface area contributed by atoms with Gasteiger partial charge in [-0.25, -0.2) is 4.98 Å². The molecule has 0 aliphatic carbocycles. The largest absolute Gasteiger partial charge is 0.352 e. The first kappa shape index (κ1) is 16.9. The molecule has 1 aliphatic rings. The number of rotatable bonds is 3. The van der Waals surface area contributed by atoms with Gasteiger partial charge >= 0.3 is 0 Å². The van der Waals surface area contributed by atoms with E-state index in [-0.39, 0.29) is 5.91 Å². The van der Waals surface area contributed by atoms with E-state index in [0.29, 0.717) is 23.9 Å². The van der Waals surface area contributed by atoms with Gasteiger partial charge in [-0.2, -0.15) is 4.99 Å². The summed E-state index contributed by atoms with van der Waals surface area (Å²) in [5.74, 6) is 0.139. The minimum absolute atomic E-state index is 0.314. The number of carbonyl (C=O) groups excluding carboxylic acids is 1. The third-order valence-corrected chi connectivity index (χ3v) is 4.41. The molecule has 0 bridgehead atoms. The second-order valence-electron chi connectivity index (χ2n) is 6.51. The fraction of sp³-hybridized carbons (Fsp3) is 0.143. The van der Waals surface area contributed by atoms with Crippen LogP contribution in [-0.2, 0) is 11.3 Å². The van der Waals surface area contributed by atoms with Crippen molar-refractivity contribution in [3.05, 3.63) is 76.7 Å². The highest BCUT2D eigenvalue weighted by molar-refractivity contribution is 6.12. The number of carbonyl (C=O) groups is 1. The van der Waals surface area contributed by atoms with Crippen LogP contribution in [0.2, 0.25) is 0 Å². The summed E-state index contributed by atoms with van der Waals surface area (Å²) in [6, 6.07) is 13.7. The predicted molar refractivity (Wildman–Crippen MR) is 106 cm³/mol. The van der Waals surface area contributed by atoms with Gasteiger partial charge in [0.1, 0.15) is 5.70 Å². The van der Waals surface area contributed by atoms with Crippen LogP contribution in [0.5, 0.6) is 0 Å². The van der Waals surface area contributed by atoms with Crippen molar-refractivity contribution in [1.82, 2.24) is 20.6 Å². The number of aromatic nitrogens is 2. The number of aliphatic imine (C=N–C) groups is 1. The maximum Gasteiger partial charge on any atom is 0.296 e. The zero-order chi connectivity index (χ0) is 18.8. The first-order chi connectivity index (χ1) is 13.1. The van der Waals surface area contributed by atoms with E-state index < -0.39 is 0 Å². The van der Waals surface area contributed by atoms with E-state index in [1.54, 1.807) is 12.3 Å². The van der Waals surface area contributed by atoms with Gasteiger partial charge in [0.05, 0.1) is 16.7 Å². The van der Waals surface area contributed by atoms with E-state index >= 15 is 0 Å². The van der Waals surface area contributed by atoms with Gasteiger partial charge < -0.3 is 10.6 Å². The number of nitrogens with one attached hydrogen (secondary N) is 2. The molecule has 3 aromatic rings. The standard InChI is InChI=1S/C21H19N5O/c1-13-5-6-15(14(2)10-13)12-23-21-25-19(20(27)26-21)11-16-7-8-17-18(24-16)4-3-9-22-17/h3-11H,12H2,1-2H3,(H2,23,25,26,27). The molecule has 0 atom stereocenters. The van der Waals surface area contributed by atoms with Crippen molar-refractivity contribution in [1.29, 1.82) is 0 Å². The van der Waals surface area contributed by atoms with E-state index in [2.05, 4.69) is 57.6 Å². The van der Waals surface area contributed by atoms with E-state index in [4.69, 9.17) is 0 Å². The van der Waals surface area contributed by atoms with Crippen molar-refractivity contribution in [3.63, 3.8) is 0 Å². The zero-order valence-electron chi connectivity index (χ0n) is 15.2.